The number of carbonyl (C=O) groups excluding carboxylic acids is 1. The monoisotopic (exact) mass is 470 g/mol. The summed E-state index contributed by atoms with van der Waals surface area (Å²) in [5.41, 5.74) is 6.02. The summed E-state index contributed by atoms with van der Waals surface area (Å²) in [5, 5.41) is 7.83. The highest BCUT2D eigenvalue weighted by Crippen LogP contribution is 2.38. The predicted octanol–water partition coefficient (Wildman–Crippen LogP) is 4.02. The Kier molecular flexibility index (Phi) is 5.28. The molecular weight excluding hydrogens is 444 g/mol. The number of carbonyl (C=O) groups is 1. The van der Waals surface area contributed by atoms with Crippen molar-refractivity contribution in [3.05, 3.63) is 82.6 Å². The zero-order valence-corrected chi connectivity index (χ0v) is 19.7. The fourth-order valence-electron chi connectivity index (χ4n) is 4.70. The number of aryl methyl sites for hydroxylation is 3. The summed E-state index contributed by atoms with van der Waals surface area (Å²) in [6.45, 7) is 5.39. The molecule has 0 fully saturated rings. The van der Waals surface area contributed by atoms with Crippen LogP contribution >= 0.6 is 0 Å². The normalized spacial score (nSPS) is 15.9. The number of nitrogens with zero attached hydrogens (tertiary/aromatic N) is 3. The first kappa shape index (κ1) is 21.5. The van der Waals surface area contributed by atoms with Gasteiger partial charge in [0, 0.05) is 36.5 Å². The van der Waals surface area contributed by atoms with Crippen LogP contribution in [0.2, 0.25) is 0 Å². The first-order valence-corrected chi connectivity index (χ1v) is 11.8. The minimum atomic E-state index is -0.210. The van der Waals surface area contributed by atoms with Gasteiger partial charge in [0.25, 0.3) is 11.8 Å². The number of aromatic nitrogens is 3. The van der Waals surface area contributed by atoms with Gasteiger partial charge in [0.05, 0.1) is 12.2 Å². The van der Waals surface area contributed by atoms with Gasteiger partial charge in [-0.05, 0) is 43.5 Å². The molecule has 1 unspecified atom stereocenters. The molecule has 4 aromatic rings. The molecule has 2 aliphatic rings. The molecule has 1 aromatic carbocycles. The molecule has 8 heteroatoms. The molecule has 35 heavy (non-hydrogen) atoms. The predicted molar refractivity (Wildman–Crippen MR) is 129 cm³/mol. The van der Waals surface area contributed by atoms with Crippen LogP contribution in [-0.4, -0.2) is 33.4 Å². The Hall–Kier alpha value is -4.07. The Morgan fingerprint density at radius 1 is 1.17 bits per heavy atom. The van der Waals surface area contributed by atoms with Crippen LogP contribution in [0.3, 0.4) is 0 Å². The van der Waals surface area contributed by atoms with Crippen molar-refractivity contribution in [2.45, 2.75) is 45.9 Å². The molecule has 1 N–H and O–H groups in total. The first-order valence-electron chi connectivity index (χ1n) is 11.8. The van der Waals surface area contributed by atoms with Gasteiger partial charge in [-0.2, -0.15) is 5.10 Å². The van der Waals surface area contributed by atoms with Gasteiger partial charge in [-0.15, -0.1) is 0 Å². The lowest BCUT2D eigenvalue weighted by molar-refractivity contribution is 0.0716. The maximum atomic E-state index is 12.9. The van der Waals surface area contributed by atoms with E-state index >= 15 is 0 Å². The van der Waals surface area contributed by atoms with Crippen molar-refractivity contribution in [2.75, 3.05) is 6.61 Å². The summed E-state index contributed by atoms with van der Waals surface area (Å²) in [4.78, 5) is 17.1. The van der Waals surface area contributed by atoms with Gasteiger partial charge in [-0.25, -0.2) is 4.98 Å². The molecule has 0 saturated carbocycles. The number of nitrogens with one attached hydrogen (secondary N) is 1. The van der Waals surface area contributed by atoms with E-state index in [9.17, 15) is 4.79 Å². The molecule has 1 atom stereocenters. The van der Waals surface area contributed by atoms with E-state index in [1.807, 2.05) is 54.9 Å². The van der Waals surface area contributed by atoms with Gasteiger partial charge in [-0.3, -0.25) is 9.48 Å². The van der Waals surface area contributed by atoms with E-state index in [1.54, 1.807) is 6.20 Å². The number of rotatable bonds is 5. The second kappa shape index (κ2) is 8.61. The smallest absolute Gasteiger partial charge is 0.287 e. The number of pyridine rings is 1. The Bertz CT molecular complexity index is 1400. The summed E-state index contributed by atoms with van der Waals surface area (Å²) in [6.07, 6.45) is 5.13. The van der Waals surface area contributed by atoms with Crippen molar-refractivity contribution in [1.82, 2.24) is 20.1 Å². The Morgan fingerprint density at radius 3 is 2.89 bits per heavy atom. The van der Waals surface area contributed by atoms with Crippen molar-refractivity contribution in [1.29, 1.82) is 0 Å². The fraction of sp³-hybridized carbons (Fsp3) is 0.296. The Labute approximate surface area is 202 Å². The molecule has 1 amide bonds. The SMILES string of the molecule is Cc1ccc(CNC(=O)c2oc3c(c2C)-c2nn(CC4COc5ncccc5O4)cc2CC3)cc1. The number of benzene rings is 1. The molecule has 6 rings (SSSR count). The maximum absolute atomic E-state index is 12.9. The standard InChI is InChI=1S/C27H26N4O4/c1-16-5-7-18(8-6-16)12-29-26(32)25-17(2)23-21(35-25)10-9-19-13-31(30-24(19)23)14-20-15-33-27-22(34-20)4-3-11-28-27/h3-8,11,13,20H,9-10,12,14-15H2,1-2H3,(H,29,32). The minimum absolute atomic E-state index is 0.166. The largest absolute Gasteiger partial charge is 0.479 e. The van der Waals surface area contributed by atoms with E-state index in [1.165, 1.54) is 5.56 Å². The molecule has 178 valence electrons. The first-order chi connectivity index (χ1) is 17.0. The molecule has 8 nitrogen and oxygen atoms in total. The zero-order valence-electron chi connectivity index (χ0n) is 19.7. The highest BCUT2D eigenvalue weighted by Gasteiger charge is 2.30. The Balaban J connectivity index is 1.19. The van der Waals surface area contributed by atoms with Gasteiger partial charge < -0.3 is 19.2 Å². The van der Waals surface area contributed by atoms with E-state index < -0.39 is 0 Å². The highest BCUT2D eigenvalue weighted by molar-refractivity contribution is 5.95. The summed E-state index contributed by atoms with van der Waals surface area (Å²) in [6, 6.07) is 11.8. The quantitative estimate of drug-likeness (QED) is 0.474. The number of hydrogen-bond donors (Lipinski definition) is 1. The van der Waals surface area contributed by atoms with Crippen molar-refractivity contribution >= 4 is 5.91 Å². The van der Waals surface area contributed by atoms with Crippen LogP contribution in [0.25, 0.3) is 11.3 Å². The second-order valence-electron chi connectivity index (χ2n) is 9.11. The summed E-state index contributed by atoms with van der Waals surface area (Å²) < 4.78 is 19.7. The van der Waals surface area contributed by atoms with Crippen LogP contribution < -0.4 is 14.8 Å². The van der Waals surface area contributed by atoms with Gasteiger partial charge >= 0.3 is 0 Å². The molecule has 0 bridgehead atoms. The number of ether oxygens (including phenoxy) is 2. The summed E-state index contributed by atoms with van der Waals surface area (Å²) in [5.74, 6) is 2.14. The van der Waals surface area contributed by atoms with Gasteiger partial charge in [0.15, 0.2) is 17.6 Å². The van der Waals surface area contributed by atoms with Crippen molar-refractivity contribution in [3.63, 3.8) is 0 Å². The van der Waals surface area contributed by atoms with Crippen molar-refractivity contribution < 1.29 is 18.7 Å². The molecule has 1 aliphatic carbocycles. The molecule has 0 saturated heterocycles. The van der Waals surface area contributed by atoms with E-state index in [0.29, 0.717) is 37.1 Å². The topological polar surface area (TPSA) is 91.4 Å². The zero-order chi connectivity index (χ0) is 23.9. The van der Waals surface area contributed by atoms with E-state index in [2.05, 4.69) is 16.5 Å². The van der Waals surface area contributed by atoms with Crippen LogP contribution in [0.15, 0.2) is 53.2 Å². The van der Waals surface area contributed by atoms with E-state index in [0.717, 1.165) is 46.5 Å². The fourth-order valence-corrected chi connectivity index (χ4v) is 4.70. The van der Waals surface area contributed by atoms with Crippen LogP contribution in [0.4, 0.5) is 0 Å². The lowest BCUT2D eigenvalue weighted by Gasteiger charge is -2.25. The summed E-state index contributed by atoms with van der Waals surface area (Å²) in [7, 11) is 0. The van der Waals surface area contributed by atoms with E-state index in [4.69, 9.17) is 19.0 Å². The molecule has 0 spiro atoms. The van der Waals surface area contributed by atoms with Gasteiger partial charge in [0.1, 0.15) is 12.4 Å². The van der Waals surface area contributed by atoms with E-state index in [-0.39, 0.29) is 12.0 Å². The third-order valence-corrected chi connectivity index (χ3v) is 6.52. The summed E-state index contributed by atoms with van der Waals surface area (Å²) >= 11 is 0. The molecule has 0 radical (unpaired) electrons. The van der Waals surface area contributed by atoms with Crippen LogP contribution in [0.5, 0.6) is 11.6 Å². The lowest BCUT2D eigenvalue weighted by atomic mass is 9.93. The van der Waals surface area contributed by atoms with Gasteiger partial charge in [-0.1, -0.05) is 29.8 Å². The van der Waals surface area contributed by atoms with Crippen LogP contribution in [0, 0.1) is 13.8 Å². The third-order valence-electron chi connectivity index (χ3n) is 6.52. The maximum Gasteiger partial charge on any atom is 0.287 e. The average molecular weight is 471 g/mol. The number of fused-ring (bicyclic) bond motifs is 4. The molecule has 4 heterocycles. The number of furan rings is 1. The number of hydrogen-bond acceptors (Lipinski definition) is 6. The lowest BCUT2D eigenvalue weighted by Crippen LogP contribution is -2.33. The highest BCUT2D eigenvalue weighted by atomic mass is 16.6. The minimum Gasteiger partial charge on any atom is -0.479 e. The van der Waals surface area contributed by atoms with Crippen LogP contribution in [-0.2, 0) is 25.9 Å². The second-order valence-corrected chi connectivity index (χ2v) is 9.11. The van der Waals surface area contributed by atoms with Crippen LogP contribution in [0.1, 0.15) is 38.6 Å². The molecule has 1 aliphatic heterocycles. The van der Waals surface area contributed by atoms with Gasteiger partial charge in [0.2, 0.25) is 0 Å². The molecular formula is C27H26N4O4. The number of amides is 1. The van der Waals surface area contributed by atoms with Crippen molar-refractivity contribution in [2.24, 2.45) is 0 Å². The third kappa shape index (κ3) is 4.05. The molecule has 3 aromatic heterocycles. The van der Waals surface area contributed by atoms with Crippen molar-refractivity contribution in [3.8, 4) is 22.9 Å². The Morgan fingerprint density at radius 2 is 2.03 bits per heavy atom. The average Bonchev–Trinajstić information content (AvgIpc) is 3.43.